The molecule has 0 saturated carbocycles. The zero-order chi connectivity index (χ0) is 13.3. The minimum atomic E-state index is 0. The number of hydrogen-bond donors (Lipinski definition) is 1. The lowest BCUT2D eigenvalue weighted by Crippen LogP contribution is -2.52. The third-order valence-electron chi connectivity index (χ3n) is 3.88. The lowest BCUT2D eigenvalue weighted by molar-refractivity contribution is 0.0655. The van der Waals surface area contributed by atoms with E-state index < -0.39 is 0 Å². The van der Waals surface area contributed by atoms with E-state index in [-0.39, 0.29) is 24.4 Å². The van der Waals surface area contributed by atoms with E-state index in [1.54, 1.807) is 0 Å². The van der Waals surface area contributed by atoms with Gasteiger partial charge in [-0.1, -0.05) is 0 Å². The van der Waals surface area contributed by atoms with Gasteiger partial charge in [-0.05, 0) is 33.8 Å². The standard InChI is InChI=1S/C14H23N3O.ClH/c1-5-16-10(2)8-13(12(16)4)14(18)17-7-6-15-9-11(17)3;/h8,11,15H,5-7,9H2,1-4H3;1H/t11-;/m0./s1. The predicted molar refractivity (Wildman–Crippen MR) is 80.2 cm³/mol. The molecule has 2 rings (SSSR count). The second-order valence-electron chi connectivity index (χ2n) is 5.08. The van der Waals surface area contributed by atoms with E-state index in [1.807, 2.05) is 17.9 Å². The summed E-state index contributed by atoms with van der Waals surface area (Å²) in [6, 6.07) is 2.30. The second-order valence-corrected chi connectivity index (χ2v) is 5.08. The highest BCUT2D eigenvalue weighted by Crippen LogP contribution is 2.18. The van der Waals surface area contributed by atoms with Gasteiger partial charge in [-0.25, -0.2) is 0 Å². The van der Waals surface area contributed by atoms with Crippen LogP contribution < -0.4 is 5.32 Å². The average molecular weight is 286 g/mol. The van der Waals surface area contributed by atoms with Crippen molar-refractivity contribution in [1.29, 1.82) is 0 Å². The quantitative estimate of drug-likeness (QED) is 0.902. The second kappa shape index (κ2) is 6.44. The summed E-state index contributed by atoms with van der Waals surface area (Å²) >= 11 is 0. The number of halogens is 1. The van der Waals surface area contributed by atoms with Crippen molar-refractivity contribution in [2.24, 2.45) is 0 Å². The third kappa shape index (κ3) is 2.95. The highest BCUT2D eigenvalue weighted by Gasteiger charge is 2.26. The largest absolute Gasteiger partial charge is 0.349 e. The molecule has 1 aromatic heterocycles. The molecule has 5 heteroatoms. The fraction of sp³-hybridized carbons (Fsp3) is 0.643. The molecule has 1 fully saturated rings. The van der Waals surface area contributed by atoms with Crippen molar-refractivity contribution in [3.63, 3.8) is 0 Å². The van der Waals surface area contributed by atoms with Crippen LogP contribution in [0.15, 0.2) is 6.07 Å². The number of aryl methyl sites for hydroxylation is 1. The molecule has 0 bridgehead atoms. The molecular weight excluding hydrogens is 262 g/mol. The number of nitrogens with one attached hydrogen (secondary N) is 1. The predicted octanol–water partition coefficient (Wildman–Crippen LogP) is 1.98. The summed E-state index contributed by atoms with van der Waals surface area (Å²) in [5.74, 6) is 0.178. The Bertz CT molecular complexity index is 456. The first-order valence-electron chi connectivity index (χ1n) is 6.74. The Balaban J connectivity index is 0.00000180. The summed E-state index contributed by atoms with van der Waals surface area (Å²) in [5.41, 5.74) is 3.12. The normalized spacial score (nSPS) is 19.2. The lowest BCUT2D eigenvalue weighted by Gasteiger charge is -2.34. The summed E-state index contributed by atoms with van der Waals surface area (Å²) in [6.45, 7) is 11.8. The van der Waals surface area contributed by atoms with Crippen molar-refractivity contribution in [2.45, 2.75) is 40.3 Å². The van der Waals surface area contributed by atoms with E-state index in [9.17, 15) is 4.79 Å². The summed E-state index contributed by atoms with van der Waals surface area (Å²) < 4.78 is 2.19. The van der Waals surface area contributed by atoms with Crippen molar-refractivity contribution >= 4 is 18.3 Å². The Kier molecular flexibility index (Phi) is 5.44. The van der Waals surface area contributed by atoms with Crippen LogP contribution in [-0.2, 0) is 6.54 Å². The first-order chi connectivity index (χ1) is 8.56. The molecule has 1 N–H and O–H groups in total. The van der Waals surface area contributed by atoms with Gasteiger partial charge < -0.3 is 14.8 Å². The van der Waals surface area contributed by atoms with Crippen LogP contribution in [0, 0.1) is 13.8 Å². The van der Waals surface area contributed by atoms with Gasteiger partial charge in [-0.3, -0.25) is 4.79 Å². The molecule has 2 heterocycles. The number of nitrogens with zero attached hydrogens (tertiary/aromatic N) is 2. The minimum absolute atomic E-state index is 0. The van der Waals surface area contributed by atoms with Gasteiger partial charge >= 0.3 is 0 Å². The number of carbonyl (C=O) groups is 1. The molecule has 0 unspecified atom stereocenters. The Hall–Kier alpha value is -1.00. The van der Waals surface area contributed by atoms with Gasteiger partial charge in [-0.15, -0.1) is 12.4 Å². The van der Waals surface area contributed by atoms with Gasteiger partial charge in [0.1, 0.15) is 0 Å². The molecule has 0 aliphatic carbocycles. The van der Waals surface area contributed by atoms with Gasteiger partial charge in [-0.2, -0.15) is 0 Å². The molecule has 1 atom stereocenters. The number of piperazine rings is 1. The van der Waals surface area contributed by atoms with E-state index in [4.69, 9.17) is 0 Å². The molecule has 1 aromatic rings. The summed E-state index contributed by atoms with van der Waals surface area (Å²) in [5, 5.41) is 3.31. The van der Waals surface area contributed by atoms with Crippen molar-refractivity contribution in [1.82, 2.24) is 14.8 Å². The van der Waals surface area contributed by atoms with E-state index >= 15 is 0 Å². The van der Waals surface area contributed by atoms with E-state index in [0.29, 0.717) is 0 Å². The third-order valence-corrected chi connectivity index (χ3v) is 3.88. The Morgan fingerprint density at radius 2 is 2.16 bits per heavy atom. The van der Waals surface area contributed by atoms with E-state index in [0.717, 1.165) is 37.4 Å². The zero-order valence-electron chi connectivity index (χ0n) is 12.2. The number of aromatic nitrogens is 1. The van der Waals surface area contributed by atoms with Crippen LogP contribution in [0.1, 0.15) is 35.6 Å². The van der Waals surface area contributed by atoms with Crippen LogP contribution in [0.2, 0.25) is 0 Å². The first kappa shape index (κ1) is 16.1. The molecule has 108 valence electrons. The van der Waals surface area contributed by atoms with Crippen molar-refractivity contribution in [3.05, 3.63) is 23.0 Å². The Labute approximate surface area is 121 Å². The van der Waals surface area contributed by atoms with Crippen LogP contribution in [-0.4, -0.2) is 41.1 Å². The van der Waals surface area contributed by atoms with Crippen LogP contribution in [0.4, 0.5) is 0 Å². The average Bonchev–Trinajstić information content (AvgIpc) is 2.64. The molecule has 1 aliphatic heterocycles. The van der Waals surface area contributed by atoms with Crippen molar-refractivity contribution in [3.8, 4) is 0 Å². The van der Waals surface area contributed by atoms with Crippen LogP contribution in [0.5, 0.6) is 0 Å². The highest BCUT2D eigenvalue weighted by atomic mass is 35.5. The van der Waals surface area contributed by atoms with Crippen LogP contribution >= 0.6 is 12.4 Å². The zero-order valence-corrected chi connectivity index (χ0v) is 13.0. The Morgan fingerprint density at radius 1 is 1.47 bits per heavy atom. The van der Waals surface area contributed by atoms with E-state index in [1.165, 1.54) is 5.69 Å². The topological polar surface area (TPSA) is 37.3 Å². The highest BCUT2D eigenvalue weighted by molar-refractivity contribution is 5.96. The molecule has 19 heavy (non-hydrogen) atoms. The smallest absolute Gasteiger partial charge is 0.256 e. The van der Waals surface area contributed by atoms with Gasteiger partial charge in [0.05, 0.1) is 5.56 Å². The molecule has 0 spiro atoms. The van der Waals surface area contributed by atoms with Crippen molar-refractivity contribution < 1.29 is 4.79 Å². The maximum atomic E-state index is 12.6. The number of hydrogen-bond acceptors (Lipinski definition) is 2. The fourth-order valence-corrected chi connectivity index (χ4v) is 2.80. The maximum Gasteiger partial charge on any atom is 0.256 e. The van der Waals surface area contributed by atoms with Crippen LogP contribution in [0.25, 0.3) is 0 Å². The first-order valence-corrected chi connectivity index (χ1v) is 6.74. The molecule has 4 nitrogen and oxygen atoms in total. The Morgan fingerprint density at radius 3 is 2.68 bits per heavy atom. The lowest BCUT2D eigenvalue weighted by atomic mass is 10.1. The molecular formula is C14H24ClN3O. The minimum Gasteiger partial charge on any atom is -0.349 e. The molecule has 0 radical (unpaired) electrons. The van der Waals surface area contributed by atoms with Gasteiger partial charge in [0, 0.05) is 43.6 Å². The number of rotatable bonds is 2. The van der Waals surface area contributed by atoms with Gasteiger partial charge in [0.15, 0.2) is 0 Å². The fourth-order valence-electron chi connectivity index (χ4n) is 2.80. The van der Waals surface area contributed by atoms with Crippen LogP contribution in [0.3, 0.4) is 0 Å². The SMILES string of the molecule is CCn1c(C)cc(C(=O)N2CCNC[C@@H]2C)c1C.Cl. The number of amides is 1. The van der Waals surface area contributed by atoms with Gasteiger partial charge in [0.2, 0.25) is 0 Å². The molecule has 0 aromatic carbocycles. The molecule has 1 aliphatic rings. The summed E-state index contributed by atoms with van der Waals surface area (Å²) in [7, 11) is 0. The monoisotopic (exact) mass is 285 g/mol. The van der Waals surface area contributed by atoms with Crippen molar-refractivity contribution in [2.75, 3.05) is 19.6 Å². The van der Waals surface area contributed by atoms with Gasteiger partial charge in [0.25, 0.3) is 5.91 Å². The summed E-state index contributed by atoms with van der Waals surface area (Å²) in [4.78, 5) is 14.6. The summed E-state index contributed by atoms with van der Waals surface area (Å²) in [6.07, 6.45) is 0. The van der Waals surface area contributed by atoms with E-state index in [2.05, 4.69) is 30.7 Å². The molecule has 1 amide bonds. The number of carbonyl (C=O) groups excluding carboxylic acids is 1. The molecule has 1 saturated heterocycles. The maximum absolute atomic E-state index is 12.6.